The lowest BCUT2D eigenvalue weighted by Crippen LogP contribution is -1.99. The highest BCUT2D eigenvalue weighted by molar-refractivity contribution is 9.10. The number of benzene rings is 3. The van der Waals surface area contributed by atoms with Crippen molar-refractivity contribution in [2.75, 3.05) is 0 Å². The van der Waals surface area contributed by atoms with E-state index >= 15 is 0 Å². The number of ether oxygens (including phenoxy) is 1. The fourth-order valence-electron chi connectivity index (χ4n) is 2.67. The molecule has 4 aromatic rings. The second-order valence-electron chi connectivity index (χ2n) is 5.38. The van der Waals surface area contributed by atoms with Gasteiger partial charge in [0.2, 0.25) is 0 Å². The number of hydrogen-bond acceptors (Lipinski definition) is 2. The van der Waals surface area contributed by atoms with E-state index in [-0.39, 0.29) is 0 Å². The summed E-state index contributed by atoms with van der Waals surface area (Å²) >= 11 is 3.65. The van der Waals surface area contributed by atoms with Crippen LogP contribution >= 0.6 is 15.9 Å². The lowest BCUT2D eigenvalue weighted by atomic mass is 10.1. The third-order valence-corrected chi connectivity index (χ3v) is 4.68. The van der Waals surface area contributed by atoms with Crippen molar-refractivity contribution in [3.8, 4) is 5.75 Å². The highest BCUT2D eigenvalue weighted by atomic mass is 79.9. The number of nitrogens with zero attached hydrogens (tertiary/aromatic N) is 1. The summed E-state index contributed by atoms with van der Waals surface area (Å²) in [5.41, 5.74) is 1.91. The van der Waals surface area contributed by atoms with Crippen molar-refractivity contribution >= 4 is 37.6 Å². The summed E-state index contributed by atoms with van der Waals surface area (Å²) < 4.78 is 6.95. The van der Waals surface area contributed by atoms with Gasteiger partial charge in [-0.05, 0) is 44.9 Å². The number of rotatable bonds is 3. The minimum atomic E-state index is 0.446. The number of para-hydroxylation sites is 1. The second kappa shape index (κ2) is 6.01. The quantitative estimate of drug-likeness (QED) is 0.463. The van der Waals surface area contributed by atoms with Crippen molar-refractivity contribution in [1.29, 1.82) is 0 Å². The fourth-order valence-corrected chi connectivity index (χ4v) is 3.27. The summed E-state index contributed by atoms with van der Waals surface area (Å²) in [4.78, 5) is 4.64. The third-order valence-electron chi connectivity index (χ3n) is 3.86. The summed E-state index contributed by atoms with van der Waals surface area (Å²) in [6.45, 7) is 0.446. The minimum Gasteiger partial charge on any atom is -0.486 e. The van der Waals surface area contributed by atoms with Crippen molar-refractivity contribution in [2.45, 2.75) is 6.61 Å². The molecule has 2 nitrogen and oxygen atoms in total. The maximum absolute atomic E-state index is 5.97. The molecule has 0 aliphatic heterocycles. The van der Waals surface area contributed by atoms with Crippen molar-refractivity contribution < 1.29 is 4.74 Å². The Bertz CT molecular complexity index is 997. The Balaban J connectivity index is 1.61. The molecule has 1 heterocycles. The van der Waals surface area contributed by atoms with Crippen molar-refractivity contribution in [1.82, 2.24) is 4.98 Å². The molecule has 0 unspecified atom stereocenters. The van der Waals surface area contributed by atoms with E-state index in [1.165, 1.54) is 5.39 Å². The van der Waals surface area contributed by atoms with Crippen LogP contribution in [0.15, 0.2) is 77.3 Å². The van der Waals surface area contributed by atoms with E-state index in [1.54, 1.807) is 0 Å². The smallest absolute Gasteiger partial charge is 0.134 e. The molecule has 0 radical (unpaired) electrons. The standard InChI is InChI=1S/C20H14BrNO/c21-20-17-7-3-1-5-14(17)10-12-19(20)23-13-16-11-9-15-6-2-4-8-18(15)22-16/h1-12H,13H2. The van der Waals surface area contributed by atoms with Crippen molar-refractivity contribution in [3.63, 3.8) is 0 Å². The SMILES string of the molecule is Brc1c(OCc2ccc3ccccc3n2)ccc2ccccc12. The Hall–Kier alpha value is -2.39. The Morgan fingerprint density at radius 1 is 0.783 bits per heavy atom. The van der Waals surface area contributed by atoms with Crippen LogP contribution < -0.4 is 4.74 Å². The van der Waals surface area contributed by atoms with Crippen LogP contribution in [0.1, 0.15) is 5.69 Å². The number of fused-ring (bicyclic) bond motifs is 2. The lowest BCUT2D eigenvalue weighted by Gasteiger charge is -2.10. The predicted molar refractivity (Wildman–Crippen MR) is 97.7 cm³/mol. The molecule has 0 N–H and O–H groups in total. The van der Waals surface area contributed by atoms with E-state index in [1.807, 2.05) is 42.5 Å². The monoisotopic (exact) mass is 363 g/mol. The van der Waals surface area contributed by atoms with Crippen molar-refractivity contribution in [3.05, 3.63) is 83.0 Å². The molecule has 3 aromatic carbocycles. The summed E-state index contributed by atoms with van der Waals surface area (Å²) in [5, 5.41) is 3.48. The van der Waals surface area contributed by atoms with Crippen LogP contribution in [0.3, 0.4) is 0 Å². The molecule has 0 amide bonds. The number of pyridine rings is 1. The number of hydrogen-bond donors (Lipinski definition) is 0. The largest absolute Gasteiger partial charge is 0.486 e. The highest BCUT2D eigenvalue weighted by Crippen LogP contribution is 2.33. The van der Waals surface area contributed by atoms with Gasteiger partial charge in [0.15, 0.2) is 0 Å². The highest BCUT2D eigenvalue weighted by Gasteiger charge is 2.07. The van der Waals surface area contributed by atoms with Gasteiger partial charge in [0, 0.05) is 5.39 Å². The summed E-state index contributed by atoms with van der Waals surface area (Å²) in [5.74, 6) is 0.832. The molecule has 1 aromatic heterocycles. The molecule has 23 heavy (non-hydrogen) atoms. The van der Waals surface area contributed by atoms with Gasteiger partial charge in [-0.15, -0.1) is 0 Å². The van der Waals surface area contributed by atoms with E-state index in [4.69, 9.17) is 4.74 Å². The molecule has 0 bridgehead atoms. The Labute approximate surface area is 142 Å². The summed E-state index contributed by atoms with van der Waals surface area (Å²) in [6.07, 6.45) is 0. The van der Waals surface area contributed by atoms with Gasteiger partial charge in [-0.2, -0.15) is 0 Å². The van der Waals surface area contributed by atoms with E-state index in [0.29, 0.717) is 6.61 Å². The molecule has 0 saturated heterocycles. The Kier molecular flexibility index (Phi) is 3.72. The lowest BCUT2D eigenvalue weighted by molar-refractivity contribution is 0.300. The van der Waals surface area contributed by atoms with E-state index in [9.17, 15) is 0 Å². The van der Waals surface area contributed by atoms with E-state index in [2.05, 4.69) is 51.2 Å². The zero-order chi connectivity index (χ0) is 15.6. The van der Waals surface area contributed by atoms with Crippen LogP contribution in [-0.2, 0) is 6.61 Å². The van der Waals surface area contributed by atoms with E-state index < -0.39 is 0 Å². The van der Waals surface area contributed by atoms with Crippen LogP contribution in [0.4, 0.5) is 0 Å². The predicted octanol–water partition coefficient (Wildman–Crippen LogP) is 5.73. The fraction of sp³-hybridized carbons (Fsp3) is 0.0500. The molecule has 0 atom stereocenters. The molecular formula is C20H14BrNO. The van der Waals surface area contributed by atoms with Gasteiger partial charge in [-0.25, -0.2) is 4.98 Å². The normalized spacial score (nSPS) is 11.0. The minimum absolute atomic E-state index is 0.446. The van der Waals surface area contributed by atoms with Crippen LogP contribution in [0, 0.1) is 0 Å². The van der Waals surface area contributed by atoms with E-state index in [0.717, 1.165) is 32.2 Å². The molecular weight excluding hydrogens is 350 g/mol. The van der Waals surface area contributed by atoms with Gasteiger partial charge in [0.05, 0.1) is 15.7 Å². The first kappa shape index (κ1) is 14.2. The van der Waals surface area contributed by atoms with Gasteiger partial charge in [-0.3, -0.25) is 0 Å². The Morgan fingerprint density at radius 3 is 2.43 bits per heavy atom. The summed E-state index contributed by atoms with van der Waals surface area (Å²) in [6, 6.07) is 24.5. The van der Waals surface area contributed by atoms with Crippen LogP contribution in [-0.4, -0.2) is 4.98 Å². The molecule has 4 rings (SSSR count). The number of halogens is 1. The molecule has 0 saturated carbocycles. The van der Waals surface area contributed by atoms with Crippen LogP contribution in [0.2, 0.25) is 0 Å². The summed E-state index contributed by atoms with van der Waals surface area (Å²) in [7, 11) is 0. The van der Waals surface area contributed by atoms with Gasteiger partial charge >= 0.3 is 0 Å². The zero-order valence-corrected chi connectivity index (χ0v) is 14.0. The van der Waals surface area contributed by atoms with Crippen molar-refractivity contribution in [2.24, 2.45) is 0 Å². The average Bonchev–Trinajstić information content (AvgIpc) is 2.61. The first-order valence-corrected chi connectivity index (χ1v) is 8.25. The first-order chi connectivity index (χ1) is 11.3. The van der Waals surface area contributed by atoms with Gasteiger partial charge in [0.1, 0.15) is 12.4 Å². The molecule has 0 aliphatic rings. The molecule has 0 spiro atoms. The maximum atomic E-state index is 5.97. The molecule has 112 valence electrons. The number of aromatic nitrogens is 1. The maximum Gasteiger partial charge on any atom is 0.134 e. The molecule has 3 heteroatoms. The third kappa shape index (κ3) is 2.80. The second-order valence-corrected chi connectivity index (χ2v) is 6.18. The zero-order valence-electron chi connectivity index (χ0n) is 12.4. The average molecular weight is 364 g/mol. The van der Waals surface area contributed by atoms with Crippen LogP contribution in [0.25, 0.3) is 21.7 Å². The Morgan fingerprint density at radius 2 is 1.52 bits per heavy atom. The van der Waals surface area contributed by atoms with Gasteiger partial charge in [-0.1, -0.05) is 54.6 Å². The topological polar surface area (TPSA) is 22.1 Å². The van der Waals surface area contributed by atoms with Gasteiger partial charge in [0.25, 0.3) is 0 Å². The van der Waals surface area contributed by atoms with Crippen LogP contribution in [0.5, 0.6) is 5.75 Å². The van der Waals surface area contributed by atoms with Gasteiger partial charge < -0.3 is 4.74 Å². The molecule has 0 aliphatic carbocycles. The first-order valence-electron chi connectivity index (χ1n) is 7.46. The molecule has 0 fully saturated rings.